The van der Waals surface area contributed by atoms with Gasteiger partial charge in [-0.1, -0.05) is 12.1 Å². The fraction of sp³-hybridized carbons (Fsp3) is 0.300. The van der Waals surface area contributed by atoms with Crippen molar-refractivity contribution in [2.45, 2.75) is 13.5 Å². The molecule has 0 atom stereocenters. The summed E-state index contributed by atoms with van der Waals surface area (Å²) in [5.74, 6) is 1.83. The number of benzene rings is 2. The molecule has 1 aliphatic rings. The van der Waals surface area contributed by atoms with Crippen LogP contribution in [0, 0.1) is 11.3 Å². The van der Waals surface area contributed by atoms with E-state index in [-0.39, 0.29) is 12.5 Å². The largest absolute Gasteiger partial charge is 0.486 e. The Balaban J connectivity index is 1.61. The highest BCUT2D eigenvalue weighted by Gasteiger charge is 2.16. The Kier molecular flexibility index (Phi) is 5.59. The second kappa shape index (κ2) is 8.26. The van der Waals surface area contributed by atoms with Gasteiger partial charge in [0.25, 0.3) is 5.91 Å². The highest BCUT2D eigenvalue weighted by atomic mass is 16.6. The summed E-state index contributed by atoms with van der Waals surface area (Å²) in [5.41, 5.74) is 1.47. The summed E-state index contributed by atoms with van der Waals surface area (Å²) in [7, 11) is 0. The Morgan fingerprint density at radius 2 is 2.00 bits per heavy atom. The van der Waals surface area contributed by atoms with Crippen molar-refractivity contribution in [1.29, 1.82) is 5.26 Å². The minimum absolute atomic E-state index is 0.0761. The molecule has 0 spiro atoms. The van der Waals surface area contributed by atoms with E-state index in [0.717, 1.165) is 11.3 Å². The molecule has 0 unspecified atom stereocenters. The summed E-state index contributed by atoms with van der Waals surface area (Å²) >= 11 is 0. The zero-order valence-corrected chi connectivity index (χ0v) is 14.6. The summed E-state index contributed by atoms with van der Waals surface area (Å²) < 4.78 is 16.6. The third-order valence-electron chi connectivity index (χ3n) is 4.04. The predicted octanol–water partition coefficient (Wildman–Crippen LogP) is 2.76. The third kappa shape index (κ3) is 4.25. The van der Waals surface area contributed by atoms with Crippen LogP contribution < -0.4 is 14.2 Å². The molecule has 0 N–H and O–H groups in total. The first-order valence-corrected chi connectivity index (χ1v) is 8.49. The molecule has 0 saturated carbocycles. The standard InChI is InChI=1S/C20H20N2O4/c1-2-22(13-16-6-7-18-19(11-16)25-9-8-24-18)20(23)14-26-17-5-3-4-15(10-17)12-21/h3-7,10-11H,2,8-9,13-14H2,1H3. The number of nitrogens with zero attached hydrogens (tertiary/aromatic N) is 2. The second-order valence-electron chi connectivity index (χ2n) is 5.81. The van der Waals surface area contributed by atoms with Crippen LogP contribution in [0.4, 0.5) is 0 Å². The highest BCUT2D eigenvalue weighted by Crippen LogP contribution is 2.31. The van der Waals surface area contributed by atoms with Gasteiger partial charge in [-0.3, -0.25) is 4.79 Å². The lowest BCUT2D eigenvalue weighted by molar-refractivity contribution is -0.133. The van der Waals surface area contributed by atoms with Gasteiger partial charge in [0.2, 0.25) is 0 Å². The second-order valence-corrected chi connectivity index (χ2v) is 5.81. The average molecular weight is 352 g/mol. The molecule has 1 aliphatic heterocycles. The third-order valence-corrected chi connectivity index (χ3v) is 4.04. The Morgan fingerprint density at radius 1 is 1.19 bits per heavy atom. The molecule has 2 aromatic rings. The van der Waals surface area contributed by atoms with Crippen LogP contribution in [0.3, 0.4) is 0 Å². The number of carbonyl (C=O) groups excluding carboxylic acids is 1. The Bertz CT molecular complexity index is 829. The predicted molar refractivity (Wildman–Crippen MR) is 95.2 cm³/mol. The quantitative estimate of drug-likeness (QED) is 0.799. The van der Waals surface area contributed by atoms with Crippen molar-refractivity contribution in [3.8, 4) is 23.3 Å². The van der Waals surface area contributed by atoms with Gasteiger partial charge in [0.15, 0.2) is 18.1 Å². The van der Waals surface area contributed by atoms with E-state index in [1.165, 1.54) is 0 Å². The average Bonchev–Trinajstić information content (AvgIpc) is 2.70. The number of ether oxygens (including phenoxy) is 3. The summed E-state index contributed by atoms with van der Waals surface area (Å²) in [6.07, 6.45) is 0. The number of likely N-dealkylation sites (N-methyl/N-ethyl adjacent to an activating group) is 1. The van der Waals surface area contributed by atoms with Gasteiger partial charge < -0.3 is 19.1 Å². The van der Waals surface area contributed by atoms with Crippen LogP contribution in [-0.4, -0.2) is 37.2 Å². The van der Waals surface area contributed by atoms with E-state index in [0.29, 0.717) is 43.4 Å². The summed E-state index contributed by atoms with van der Waals surface area (Å²) in [5, 5.41) is 8.91. The topological polar surface area (TPSA) is 71.8 Å². The molecule has 0 aromatic heterocycles. The normalized spacial score (nSPS) is 12.2. The fourth-order valence-electron chi connectivity index (χ4n) is 2.67. The van der Waals surface area contributed by atoms with Crippen molar-refractivity contribution >= 4 is 5.91 Å². The Labute approximate surface area is 152 Å². The first-order valence-electron chi connectivity index (χ1n) is 8.49. The molecule has 134 valence electrons. The minimum atomic E-state index is -0.121. The van der Waals surface area contributed by atoms with Gasteiger partial charge in [-0.25, -0.2) is 0 Å². The van der Waals surface area contributed by atoms with Crippen LogP contribution in [0.1, 0.15) is 18.1 Å². The summed E-state index contributed by atoms with van der Waals surface area (Å²) in [6, 6.07) is 14.5. The van der Waals surface area contributed by atoms with Crippen molar-refractivity contribution in [3.63, 3.8) is 0 Å². The lowest BCUT2D eigenvalue weighted by Gasteiger charge is -2.23. The van der Waals surface area contributed by atoms with Crippen LogP contribution in [0.5, 0.6) is 17.2 Å². The van der Waals surface area contributed by atoms with E-state index in [2.05, 4.69) is 0 Å². The molecule has 2 aromatic carbocycles. The molecule has 6 heteroatoms. The lowest BCUT2D eigenvalue weighted by Crippen LogP contribution is -2.34. The van der Waals surface area contributed by atoms with Crippen LogP contribution in [-0.2, 0) is 11.3 Å². The van der Waals surface area contributed by atoms with Gasteiger partial charge in [0.1, 0.15) is 19.0 Å². The molecule has 1 amide bonds. The number of carbonyl (C=O) groups is 1. The van der Waals surface area contributed by atoms with Crippen LogP contribution >= 0.6 is 0 Å². The first-order chi connectivity index (χ1) is 12.7. The van der Waals surface area contributed by atoms with Crippen molar-refractivity contribution < 1.29 is 19.0 Å². The van der Waals surface area contributed by atoms with E-state index in [4.69, 9.17) is 19.5 Å². The number of hydrogen-bond acceptors (Lipinski definition) is 5. The SMILES string of the molecule is CCN(Cc1ccc2c(c1)OCCO2)C(=O)COc1cccc(C#N)c1. The van der Waals surface area contributed by atoms with Crippen molar-refractivity contribution in [2.24, 2.45) is 0 Å². The van der Waals surface area contributed by atoms with Crippen LogP contribution in [0.2, 0.25) is 0 Å². The fourth-order valence-corrected chi connectivity index (χ4v) is 2.67. The number of amides is 1. The number of fused-ring (bicyclic) bond motifs is 1. The maximum Gasteiger partial charge on any atom is 0.260 e. The van der Waals surface area contributed by atoms with Crippen molar-refractivity contribution in [3.05, 3.63) is 53.6 Å². The first kappa shape index (κ1) is 17.6. The van der Waals surface area contributed by atoms with Gasteiger partial charge in [-0.05, 0) is 42.8 Å². The molecular weight excluding hydrogens is 332 g/mol. The smallest absolute Gasteiger partial charge is 0.260 e. The highest BCUT2D eigenvalue weighted by molar-refractivity contribution is 5.77. The molecule has 0 radical (unpaired) electrons. The Hall–Kier alpha value is -3.20. The van der Waals surface area contributed by atoms with Gasteiger partial charge in [-0.15, -0.1) is 0 Å². The van der Waals surface area contributed by atoms with E-state index >= 15 is 0 Å². The van der Waals surface area contributed by atoms with Crippen LogP contribution in [0.25, 0.3) is 0 Å². The van der Waals surface area contributed by atoms with E-state index in [1.54, 1.807) is 29.2 Å². The molecule has 0 saturated heterocycles. The van der Waals surface area contributed by atoms with Gasteiger partial charge >= 0.3 is 0 Å². The van der Waals surface area contributed by atoms with E-state index in [9.17, 15) is 4.79 Å². The Morgan fingerprint density at radius 3 is 2.77 bits per heavy atom. The lowest BCUT2D eigenvalue weighted by atomic mass is 10.1. The monoisotopic (exact) mass is 352 g/mol. The maximum atomic E-state index is 12.5. The zero-order valence-electron chi connectivity index (χ0n) is 14.6. The van der Waals surface area contributed by atoms with E-state index < -0.39 is 0 Å². The molecule has 26 heavy (non-hydrogen) atoms. The molecule has 0 aliphatic carbocycles. The molecular formula is C20H20N2O4. The summed E-state index contributed by atoms with van der Waals surface area (Å²) in [6.45, 7) is 3.96. The van der Waals surface area contributed by atoms with Gasteiger partial charge in [-0.2, -0.15) is 5.26 Å². The van der Waals surface area contributed by atoms with Gasteiger partial charge in [0.05, 0.1) is 11.6 Å². The van der Waals surface area contributed by atoms with Crippen molar-refractivity contribution in [1.82, 2.24) is 4.90 Å². The molecule has 1 heterocycles. The molecule has 0 fully saturated rings. The number of nitriles is 1. The van der Waals surface area contributed by atoms with E-state index in [1.807, 2.05) is 31.2 Å². The summed E-state index contributed by atoms with van der Waals surface area (Å²) in [4.78, 5) is 14.2. The van der Waals surface area contributed by atoms with Crippen molar-refractivity contribution in [2.75, 3.05) is 26.4 Å². The zero-order chi connectivity index (χ0) is 18.4. The molecule has 0 bridgehead atoms. The maximum absolute atomic E-state index is 12.5. The van der Waals surface area contributed by atoms with Crippen LogP contribution in [0.15, 0.2) is 42.5 Å². The molecule has 3 rings (SSSR count). The number of hydrogen-bond donors (Lipinski definition) is 0. The number of rotatable bonds is 6. The minimum Gasteiger partial charge on any atom is -0.486 e. The molecule has 6 nitrogen and oxygen atoms in total. The van der Waals surface area contributed by atoms with Gasteiger partial charge in [0, 0.05) is 13.1 Å².